The van der Waals surface area contributed by atoms with E-state index in [1.807, 2.05) is 6.07 Å². The van der Waals surface area contributed by atoms with E-state index in [0.29, 0.717) is 23.5 Å². The van der Waals surface area contributed by atoms with Crippen LogP contribution in [0.1, 0.15) is 38.4 Å². The van der Waals surface area contributed by atoms with Crippen molar-refractivity contribution in [3.05, 3.63) is 48.4 Å². The molecule has 1 aromatic heterocycles. The number of primary amides is 1. The number of carbonyl (C=O) groups is 2. The van der Waals surface area contributed by atoms with Gasteiger partial charge in [-0.15, -0.1) is 11.8 Å². The quantitative estimate of drug-likeness (QED) is 0.407. The molecule has 176 valence electrons. The Bertz CT molecular complexity index is 1120. The van der Waals surface area contributed by atoms with Crippen molar-refractivity contribution in [3.8, 4) is 6.07 Å². The molecule has 0 spiro atoms. The number of rotatable bonds is 9. The summed E-state index contributed by atoms with van der Waals surface area (Å²) in [5.41, 5.74) is 5.61. The molecule has 0 radical (unpaired) electrons. The number of benzene rings is 1. The van der Waals surface area contributed by atoms with Gasteiger partial charge in [-0.2, -0.15) is 5.26 Å². The van der Waals surface area contributed by atoms with Gasteiger partial charge >= 0.3 is 0 Å². The van der Waals surface area contributed by atoms with E-state index in [0.717, 1.165) is 12.8 Å². The van der Waals surface area contributed by atoms with Gasteiger partial charge in [0.15, 0.2) is 14.6 Å². The summed E-state index contributed by atoms with van der Waals surface area (Å²) in [5.74, 6) is -1.26. The summed E-state index contributed by atoms with van der Waals surface area (Å²) in [6, 6.07) is 11.5. The Balaban J connectivity index is 1.74. The average molecular weight is 490 g/mol. The first-order valence-electron chi connectivity index (χ1n) is 10.7. The van der Waals surface area contributed by atoms with Crippen LogP contribution in [0.2, 0.25) is 0 Å². The number of nitrogens with two attached hydrogens (primary N) is 1. The molecule has 1 fully saturated rings. The van der Waals surface area contributed by atoms with Crippen molar-refractivity contribution >= 4 is 33.4 Å². The van der Waals surface area contributed by atoms with Crippen LogP contribution in [0.15, 0.2) is 56.9 Å². The van der Waals surface area contributed by atoms with Crippen LogP contribution in [-0.2, 0) is 24.2 Å². The molecular weight excluding hydrogens is 462 g/mol. The van der Waals surface area contributed by atoms with E-state index in [2.05, 4.69) is 5.32 Å². The highest BCUT2D eigenvalue weighted by molar-refractivity contribution is 8.01. The number of hydrogen-bond acceptors (Lipinski definition) is 7. The Morgan fingerprint density at radius 2 is 1.94 bits per heavy atom. The molecule has 33 heavy (non-hydrogen) atoms. The summed E-state index contributed by atoms with van der Waals surface area (Å²) < 4.78 is 30.4. The number of furan rings is 1. The molecule has 1 heterocycles. The minimum absolute atomic E-state index is 0.0871. The highest BCUT2D eigenvalue weighted by Gasteiger charge is 2.38. The minimum Gasteiger partial charge on any atom is -0.467 e. The lowest BCUT2D eigenvalue weighted by atomic mass is 9.80. The standard InChI is InChI=1S/C23H27N3O5S2/c1-23(22(25)28,20-7-4-14-31-20)32-17-8-10-18(11-9-17)33(29,30)15-16-5-2-3-6-19(16)21(27)26-13-12-24/h4,7-11,14,16,19H,2-3,5-6,13,15H2,1H3,(H2,25,28)(H,26,27)/t16-,19+,23?/m1/s1. The van der Waals surface area contributed by atoms with E-state index < -0.39 is 26.4 Å². The summed E-state index contributed by atoms with van der Waals surface area (Å²) >= 11 is 1.18. The van der Waals surface area contributed by atoms with Crippen LogP contribution >= 0.6 is 11.8 Å². The van der Waals surface area contributed by atoms with Gasteiger partial charge in [0.05, 0.1) is 23.0 Å². The molecule has 3 N–H and O–H groups in total. The highest BCUT2D eigenvalue weighted by Crippen LogP contribution is 2.41. The molecule has 0 saturated heterocycles. The lowest BCUT2D eigenvalue weighted by Gasteiger charge is -2.30. The first-order chi connectivity index (χ1) is 15.7. The molecule has 1 aromatic carbocycles. The molecule has 0 bridgehead atoms. The number of amides is 2. The van der Waals surface area contributed by atoms with Crippen LogP contribution in [0.25, 0.3) is 0 Å². The Labute approximate surface area is 197 Å². The van der Waals surface area contributed by atoms with E-state index >= 15 is 0 Å². The molecule has 8 nitrogen and oxygen atoms in total. The molecule has 10 heteroatoms. The fourth-order valence-corrected chi connectivity index (χ4v) is 6.88. The van der Waals surface area contributed by atoms with Crippen LogP contribution in [0.3, 0.4) is 0 Å². The molecule has 1 unspecified atom stereocenters. The summed E-state index contributed by atoms with van der Waals surface area (Å²) in [4.78, 5) is 25.4. The van der Waals surface area contributed by atoms with Crippen molar-refractivity contribution in [2.24, 2.45) is 17.6 Å². The van der Waals surface area contributed by atoms with Crippen molar-refractivity contribution in [1.29, 1.82) is 5.26 Å². The predicted molar refractivity (Wildman–Crippen MR) is 124 cm³/mol. The first kappa shape index (κ1) is 24.9. The Kier molecular flexibility index (Phi) is 7.87. The van der Waals surface area contributed by atoms with Crippen LogP contribution in [-0.4, -0.2) is 32.5 Å². The number of thioether (sulfide) groups is 1. The Hall–Kier alpha value is -2.77. The number of nitrogens with zero attached hydrogens (tertiary/aromatic N) is 1. The average Bonchev–Trinajstić information content (AvgIpc) is 3.33. The van der Waals surface area contributed by atoms with Crippen molar-refractivity contribution in [2.45, 2.75) is 47.1 Å². The third kappa shape index (κ3) is 5.78. The molecule has 2 aromatic rings. The summed E-state index contributed by atoms with van der Waals surface area (Å²) in [5, 5.41) is 11.3. The summed E-state index contributed by atoms with van der Waals surface area (Å²) in [7, 11) is -3.63. The Morgan fingerprint density at radius 1 is 1.24 bits per heavy atom. The van der Waals surface area contributed by atoms with Gasteiger partial charge in [-0.25, -0.2) is 8.42 Å². The van der Waals surface area contributed by atoms with Gasteiger partial charge in [-0.3, -0.25) is 9.59 Å². The van der Waals surface area contributed by atoms with E-state index in [4.69, 9.17) is 15.4 Å². The smallest absolute Gasteiger partial charge is 0.241 e. The van der Waals surface area contributed by atoms with E-state index in [9.17, 15) is 18.0 Å². The fraction of sp³-hybridized carbons (Fsp3) is 0.435. The maximum Gasteiger partial charge on any atom is 0.241 e. The second-order valence-corrected chi connectivity index (χ2v) is 11.8. The second-order valence-electron chi connectivity index (χ2n) is 8.26. The van der Waals surface area contributed by atoms with Gasteiger partial charge in [-0.1, -0.05) is 12.8 Å². The largest absolute Gasteiger partial charge is 0.467 e. The van der Waals surface area contributed by atoms with Crippen LogP contribution in [0, 0.1) is 23.2 Å². The number of hydrogen-bond donors (Lipinski definition) is 2. The lowest BCUT2D eigenvalue weighted by Crippen LogP contribution is -2.39. The molecule has 1 aliphatic rings. The third-order valence-corrected chi connectivity index (χ3v) is 9.16. The number of nitriles is 1. The molecule has 2 amide bonds. The van der Waals surface area contributed by atoms with Crippen LogP contribution in [0.5, 0.6) is 0 Å². The monoisotopic (exact) mass is 489 g/mol. The van der Waals surface area contributed by atoms with Gasteiger partial charge in [-0.05, 0) is 62.1 Å². The van der Waals surface area contributed by atoms with Crippen LogP contribution < -0.4 is 11.1 Å². The zero-order valence-corrected chi connectivity index (χ0v) is 20.0. The SMILES string of the molecule is CC(Sc1ccc(S(=O)(=O)C[C@H]2CCCC[C@@H]2C(=O)NCC#N)cc1)(C(N)=O)c1ccco1. The maximum atomic E-state index is 13.1. The van der Waals surface area contributed by atoms with E-state index in [1.54, 1.807) is 31.2 Å². The maximum absolute atomic E-state index is 13.1. The fourth-order valence-electron chi connectivity index (χ4n) is 4.11. The molecule has 1 aliphatic carbocycles. The first-order valence-corrected chi connectivity index (χ1v) is 13.1. The van der Waals surface area contributed by atoms with Crippen molar-refractivity contribution in [1.82, 2.24) is 5.32 Å². The minimum atomic E-state index is -3.63. The van der Waals surface area contributed by atoms with Gasteiger partial charge < -0.3 is 15.5 Å². The Morgan fingerprint density at radius 3 is 2.55 bits per heavy atom. The molecule has 3 atom stereocenters. The van der Waals surface area contributed by atoms with Gasteiger partial charge in [0.25, 0.3) is 0 Å². The van der Waals surface area contributed by atoms with E-state index in [1.165, 1.54) is 30.2 Å². The van der Waals surface area contributed by atoms with Gasteiger partial charge in [0.1, 0.15) is 12.3 Å². The third-order valence-electron chi connectivity index (χ3n) is 5.99. The summed E-state index contributed by atoms with van der Waals surface area (Å²) in [6.45, 7) is 1.57. The molecule has 3 rings (SSSR count). The predicted octanol–water partition coefficient (Wildman–Crippen LogP) is 2.99. The second kappa shape index (κ2) is 10.4. The number of sulfone groups is 1. The molecule has 0 aliphatic heterocycles. The number of nitrogens with one attached hydrogen (secondary N) is 1. The molecular formula is C23H27N3O5S2. The van der Waals surface area contributed by atoms with Gasteiger partial charge in [0.2, 0.25) is 11.8 Å². The highest BCUT2D eigenvalue weighted by atomic mass is 32.2. The summed E-state index contributed by atoms with van der Waals surface area (Å²) in [6.07, 6.45) is 4.47. The van der Waals surface area contributed by atoms with Crippen molar-refractivity contribution < 1.29 is 22.4 Å². The van der Waals surface area contributed by atoms with E-state index in [-0.39, 0.29) is 29.0 Å². The van der Waals surface area contributed by atoms with Crippen molar-refractivity contribution in [2.75, 3.05) is 12.3 Å². The van der Waals surface area contributed by atoms with Crippen LogP contribution in [0.4, 0.5) is 0 Å². The number of carbonyl (C=O) groups excluding carboxylic acids is 2. The topological polar surface area (TPSA) is 143 Å². The zero-order chi connectivity index (χ0) is 24.1. The van der Waals surface area contributed by atoms with Crippen molar-refractivity contribution in [3.63, 3.8) is 0 Å². The van der Waals surface area contributed by atoms with Gasteiger partial charge in [0, 0.05) is 10.8 Å². The lowest BCUT2D eigenvalue weighted by molar-refractivity contribution is -0.127. The molecule has 1 saturated carbocycles. The normalized spacial score (nSPS) is 20.4. The zero-order valence-electron chi connectivity index (χ0n) is 18.3.